The van der Waals surface area contributed by atoms with E-state index >= 15 is 0 Å². The largest absolute Gasteiger partial charge is 0.466 e. The van der Waals surface area contributed by atoms with Gasteiger partial charge in [0.2, 0.25) is 0 Å². The van der Waals surface area contributed by atoms with Crippen LogP contribution < -0.4 is 0 Å². The zero-order valence-electron chi connectivity index (χ0n) is 16.0. The lowest BCUT2D eigenvalue weighted by Gasteiger charge is -2.18. The molecule has 5 nitrogen and oxygen atoms in total. The Bertz CT molecular complexity index is 679. The molecule has 2 aliphatic rings. The second-order valence-electron chi connectivity index (χ2n) is 7.16. The molecule has 0 saturated heterocycles. The first-order chi connectivity index (χ1) is 12.3. The van der Waals surface area contributed by atoms with E-state index in [0.29, 0.717) is 31.3 Å². The summed E-state index contributed by atoms with van der Waals surface area (Å²) in [4.78, 5) is 24.1. The quantitative estimate of drug-likeness (QED) is 0.764. The molecule has 0 spiro atoms. The summed E-state index contributed by atoms with van der Waals surface area (Å²) < 4.78 is 10.2. The van der Waals surface area contributed by atoms with Crippen molar-refractivity contribution in [2.45, 2.75) is 58.7 Å². The number of hydrogen-bond donors (Lipinski definition) is 1. The normalized spacial score (nSPS) is 24.8. The number of esters is 2. The van der Waals surface area contributed by atoms with Crippen molar-refractivity contribution in [1.29, 1.82) is 0 Å². The van der Waals surface area contributed by atoms with Crippen LogP contribution in [0.3, 0.4) is 0 Å². The SMILES string of the molecule is COC(=O)C1=CCCC2=CC(CC(C)=CC=C(C(C)C)CC1O)OC2=O. The van der Waals surface area contributed by atoms with Gasteiger partial charge >= 0.3 is 11.9 Å². The maximum absolute atomic E-state index is 12.1. The molecule has 5 heteroatoms. The van der Waals surface area contributed by atoms with Crippen molar-refractivity contribution in [1.82, 2.24) is 0 Å². The molecule has 0 fully saturated rings. The number of ether oxygens (including phenoxy) is 2. The monoisotopic (exact) mass is 360 g/mol. The van der Waals surface area contributed by atoms with Gasteiger partial charge < -0.3 is 14.6 Å². The van der Waals surface area contributed by atoms with Crippen molar-refractivity contribution < 1.29 is 24.2 Å². The number of allylic oxidation sites excluding steroid dienone is 3. The van der Waals surface area contributed by atoms with Gasteiger partial charge in [0.1, 0.15) is 6.10 Å². The number of aliphatic hydroxyl groups excluding tert-OH is 1. The molecule has 0 amide bonds. The third kappa shape index (κ3) is 5.18. The van der Waals surface area contributed by atoms with E-state index in [2.05, 4.69) is 13.8 Å². The number of carbonyl (C=O) groups is 2. The zero-order chi connectivity index (χ0) is 19.3. The summed E-state index contributed by atoms with van der Waals surface area (Å²) in [6, 6.07) is 0. The Labute approximate surface area is 155 Å². The van der Waals surface area contributed by atoms with Crippen molar-refractivity contribution in [3.63, 3.8) is 0 Å². The Morgan fingerprint density at radius 3 is 2.69 bits per heavy atom. The van der Waals surface area contributed by atoms with Crippen LogP contribution in [0, 0.1) is 5.92 Å². The second-order valence-corrected chi connectivity index (χ2v) is 7.16. The van der Waals surface area contributed by atoms with Crippen LogP contribution >= 0.6 is 0 Å². The Morgan fingerprint density at radius 1 is 1.31 bits per heavy atom. The highest BCUT2D eigenvalue weighted by atomic mass is 16.5. The van der Waals surface area contributed by atoms with Crippen LogP contribution in [0.5, 0.6) is 0 Å². The Balaban J connectivity index is 2.39. The molecule has 2 rings (SSSR count). The first kappa shape index (κ1) is 20.2. The molecule has 2 bridgehead atoms. The van der Waals surface area contributed by atoms with Crippen molar-refractivity contribution in [3.05, 3.63) is 46.6 Å². The molecular formula is C21H28O5. The van der Waals surface area contributed by atoms with E-state index in [9.17, 15) is 14.7 Å². The van der Waals surface area contributed by atoms with E-state index in [0.717, 1.165) is 11.1 Å². The third-order valence-electron chi connectivity index (χ3n) is 4.74. The van der Waals surface area contributed by atoms with Crippen LogP contribution in [0.4, 0.5) is 0 Å². The molecule has 0 saturated carbocycles. The summed E-state index contributed by atoms with van der Waals surface area (Å²) in [5.41, 5.74) is 2.99. The minimum absolute atomic E-state index is 0.233. The molecule has 142 valence electrons. The Hall–Kier alpha value is -2.14. The number of rotatable bonds is 2. The van der Waals surface area contributed by atoms with Gasteiger partial charge in [-0.15, -0.1) is 0 Å². The minimum Gasteiger partial charge on any atom is -0.466 e. The summed E-state index contributed by atoms with van der Waals surface area (Å²) in [6.45, 7) is 6.11. The van der Waals surface area contributed by atoms with Gasteiger partial charge in [0.15, 0.2) is 0 Å². The van der Waals surface area contributed by atoms with Crippen LogP contribution in [-0.2, 0) is 19.1 Å². The fourth-order valence-corrected chi connectivity index (χ4v) is 3.15. The Kier molecular flexibility index (Phi) is 6.98. The molecule has 0 aromatic rings. The van der Waals surface area contributed by atoms with Crippen molar-refractivity contribution in [2.75, 3.05) is 7.11 Å². The predicted molar refractivity (Wildman–Crippen MR) is 99.2 cm³/mol. The number of carbonyl (C=O) groups excluding carboxylic acids is 2. The highest BCUT2D eigenvalue weighted by Crippen LogP contribution is 2.26. The molecule has 0 aromatic heterocycles. The van der Waals surface area contributed by atoms with Gasteiger partial charge in [-0.1, -0.05) is 43.2 Å². The van der Waals surface area contributed by atoms with Gasteiger partial charge in [-0.3, -0.25) is 0 Å². The summed E-state index contributed by atoms with van der Waals surface area (Å²) in [6.07, 6.45) is 8.30. The molecule has 1 heterocycles. The van der Waals surface area contributed by atoms with Crippen molar-refractivity contribution in [2.24, 2.45) is 5.92 Å². The van der Waals surface area contributed by atoms with E-state index in [1.165, 1.54) is 7.11 Å². The lowest BCUT2D eigenvalue weighted by molar-refractivity contribution is -0.139. The standard InChI is InChI=1S/C21H28O5/c1-13(2)15-9-8-14(3)10-17-11-16(20(23)26-17)6-5-7-18(19(22)12-15)21(24)25-4/h7-9,11,13,17,19,22H,5-6,10,12H2,1-4H3. The minimum atomic E-state index is -0.940. The zero-order valence-corrected chi connectivity index (χ0v) is 16.0. The average molecular weight is 360 g/mol. The fraction of sp³-hybridized carbons (Fsp3) is 0.524. The van der Waals surface area contributed by atoms with Crippen LogP contribution in [-0.4, -0.2) is 36.4 Å². The van der Waals surface area contributed by atoms with E-state index in [1.807, 2.05) is 25.2 Å². The topological polar surface area (TPSA) is 72.8 Å². The lowest BCUT2D eigenvalue weighted by atomic mass is 9.92. The smallest absolute Gasteiger partial charge is 0.336 e. The summed E-state index contributed by atoms with van der Waals surface area (Å²) in [5, 5.41) is 10.6. The van der Waals surface area contributed by atoms with Crippen LogP contribution in [0.1, 0.15) is 46.5 Å². The molecule has 1 aliphatic heterocycles. The molecule has 0 radical (unpaired) electrons. The maximum Gasteiger partial charge on any atom is 0.336 e. The number of fused-ring (bicyclic) bond motifs is 1. The van der Waals surface area contributed by atoms with Gasteiger partial charge in [-0.05, 0) is 38.2 Å². The summed E-state index contributed by atoms with van der Waals surface area (Å²) in [7, 11) is 1.30. The third-order valence-corrected chi connectivity index (χ3v) is 4.74. The van der Waals surface area contributed by atoms with Crippen LogP contribution in [0.2, 0.25) is 0 Å². The number of methoxy groups -OCH3 is 1. The lowest BCUT2D eigenvalue weighted by Crippen LogP contribution is -2.21. The van der Waals surface area contributed by atoms with Crippen LogP contribution in [0.15, 0.2) is 46.6 Å². The molecule has 0 aromatic carbocycles. The first-order valence-corrected chi connectivity index (χ1v) is 9.06. The fourth-order valence-electron chi connectivity index (χ4n) is 3.15. The molecule has 1 aliphatic carbocycles. The van der Waals surface area contributed by atoms with E-state index in [1.54, 1.807) is 6.08 Å². The van der Waals surface area contributed by atoms with E-state index in [-0.39, 0.29) is 23.6 Å². The van der Waals surface area contributed by atoms with Gasteiger partial charge in [0.05, 0.1) is 18.8 Å². The van der Waals surface area contributed by atoms with Crippen molar-refractivity contribution >= 4 is 11.9 Å². The predicted octanol–water partition coefficient (Wildman–Crippen LogP) is 3.40. The highest BCUT2D eigenvalue weighted by molar-refractivity contribution is 5.91. The molecule has 2 unspecified atom stereocenters. The molecule has 2 atom stereocenters. The van der Waals surface area contributed by atoms with Gasteiger partial charge in [-0.2, -0.15) is 0 Å². The second kappa shape index (κ2) is 8.99. The summed E-state index contributed by atoms with van der Waals surface area (Å²) in [5.74, 6) is -0.610. The molecular weight excluding hydrogens is 332 g/mol. The van der Waals surface area contributed by atoms with Gasteiger partial charge in [0, 0.05) is 12.0 Å². The summed E-state index contributed by atoms with van der Waals surface area (Å²) >= 11 is 0. The highest BCUT2D eigenvalue weighted by Gasteiger charge is 2.26. The number of aliphatic hydroxyl groups is 1. The van der Waals surface area contributed by atoms with Gasteiger partial charge in [0.25, 0.3) is 0 Å². The molecule has 26 heavy (non-hydrogen) atoms. The van der Waals surface area contributed by atoms with Crippen molar-refractivity contribution in [3.8, 4) is 0 Å². The Morgan fingerprint density at radius 2 is 2.04 bits per heavy atom. The molecule has 1 N–H and O–H groups in total. The van der Waals surface area contributed by atoms with E-state index < -0.39 is 12.1 Å². The van der Waals surface area contributed by atoms with Crippen LogP contribution in [0.25, 0.3) is 0 Å². The average Bonchev–Trinajstić information content (AvgIpc) is 2.92. The van der Waals surface area contributed by atoms with Gasteiger partial charge in [-0.25, -0.2) is 9.59 Å². The first-order valence-electron chi connectivity index (χ1n) is 9.06. The van der Waals surface area contributed by atoms with E-state index in [4.69, 9.17) is 9.47 Å². The number of hydrogen-bond acceptors (Lipinski definition) is 5. The maximum atomic E-state index is 12.1.